The van der Waals surface area contributed by atoms with E-state index in [9.17, 15) is 4.79 Å². The summed E-state index contributed by atoms with van der Waals surface area (Å²) in [6.07, 6.45) is 4.18. The van der Waals surface area contributed by atoms with Crippen LogP contribution in [0.2, 0.25) is 0 Å². The number of nitrogens with one attached hydrogen (secondary N) is 2. The van der Waals surface area contributed by atoms with Crippen LogP contribution in [0.4, 0.5) is 0 Å². The second-order valence-electron chi connectivity index (χ2n) is 4.86. The maximum atomic E-state index is 12.2. The molecule has 0 aliphatic rings. The number of H-pyrrole nitrogens is 1. The normalized spacial score (nSPS) is 10.5. The molecule has 0 aliphatic heterocycles. The van der Waals surface area contributed by atoms with E-state index in [0.717, 1.165) is 28.8 Å². The third kappa shape index (κ3) is 3.22. The molecule has 0 atom stereocenters. The number of carbonyl (C=O) groups is 1. The molecule has 0 radical (unpaired) electrons. The molecule has 0 saturated carbocycles. The van der Waals surface area contributed by atoms with Gasteiger partial charge < -0.3 is 10.3 Å². The number of amides is 1. The van der Waals surface area contributed by atoms with Crippen molar-refractivity contribution in [3.8, 4) is 0 Å². The van der Waals surface area contributed by atoms with Crippen molar-refractivity contribution < 1.29 is 4.79 Å². The topological polar surface area (TPSA) is 57.8 Å². The van der Waals surface area contributed by atoms with Crippen molar-refractivity contribution in [3.05, 3.63) is 52.6 Å². The molecule has 2 N–H and O–H groups in total. The number of imidazole rings is 1. The van der Waals surface area contributed by atoms with Crippen LogP contribution in [0, 0.1) is 20.8 Å². The number of rotatable bonds is 4. The zero-order valence-electron chi connectivity index (χ0n) is 11.6. The number of aromatic amines is 1. The van der Waals surface area contributed by atoms with Gasteiger partial charge in [-0.05, 0) is 31.9 Å². The van der Waals surface area contributed by atoms with Gasteiger partial charge in [0.2, 0.25) is 0 Å². The molecule has 0 fully saturated rings. The van der Waals surface area contributed by atoms with Crippen LogP contribution >= 0.6 is 0 Å². The lowest BCUT2D eigenvalue weighted by Gasteiger charge is -2.11. The summed E-state index contributed by atoms with van der Waals surface area (Å²) < 4.78 is 0. The molecule has 100 valence electrons. The van der Waals surface area contributed by atoms with Crippen LogP contribution < -0.4 is 5.32 Å². The van der Waals surface area contributed by atoms with Crippen molar-refractivity contribution in [2.45, 2.75) is 27.2 Å². The molecular weight excluding hydrogens is 238 g/mol. The van der Waals surface area contributed by atoms with E-state index in [0.29, 0.717) is 6.54 Å². The third-order valence-corrected chi connectivity index (χ3v) is 3.14. The van der Waals surface area contributed by atoms with Crippen LogP contribution in [-0.2, 0) is 6.42 Å². The zero-order chi connectivity index (χ0) is 13.8. The van der Waals surface area contributed by atoms with E-state index in [1.807, 2.05) is 32.9 Å². The van der Waals surface area contributed by atoms with Gasteiger partial charge in [0.25, 0.3) is 5.91 Å². The van der Waals surface area contributed by atoms with Crippen LogP contribution in [0.15, 0.2) is 24.7 Å². The highest BCUT2D eigenvalue weighted by molar-refractivity contribution is 5.97. The van der Waals surface area contributed by atoms with Gasteiger partial charge in [-0.25, -0.2) is 4.98 Å². The molecule has 1 heterocycles. The van der Waals surface area contributed by atoms with Crippen LogP contribution in [0.25, 0.3) is 0 Å². The summed E-state index contributed by atoms with van der Waals surface area (Å²) in [5.41, 5.74) is 5.05. The number of aryl methyl sites for hydroxylation is 3. The summed E-state index contributed by atoms with van der Waals surface area (Å²) >= 11 is 0. The number of hydrogen-bond acceptors (Lipinski definition) is 2. The summed E-state index contributed by atoms with van der Waals surface area (Å²) in [4.78, 5) is 19.2. The fraction of sp³-hybridized carbons (Fsp3) is 0.333. The molecule has 0 aliphatic carbocycles. The fourth-order valence-electron chi connectivity index (χ4n) is 2.36. The van der Waals surface area contributed by atoms with E-state index in [2.05, 4.69) is 15.3 Å². The van der Waals surface area contributed by atoms with E-state index in [1.165, 1.54) is 5.56 Å². The number of nitrogens with zero attached hydrogens (tertiary/aromatic N) is 1. The van der Waals surface area contributed by atoms with Crippen LogP contribution in [0.5, 0.6) is 0 Å². The van der Waals surface area contributed by atoms with Crippen molar-refractivity contribution in [3.63, 3.8) is 0 Å². The molecular formula is C15H19N3O. The van der Waals surface area contributed by atoms with Gasteiger partial charge in [0.1, 0.15) is 0 Å². The Hall–Kier alpha value is -2.10. The van der Waals surface area contributed by atoms with Gasteiger partial charge in [-0.1, -0.05) is 17.7 Å². The Balaban J connectivity index is 2.00. The Morgan fingerprint density at radius 1 is 1.26 bits per heavy atom. The fourth-order valence-corrected chi connectivity index (χ4v) is 2.36. The third-order valence-electron chi connectivity index (χ3n) is 3.14. The first kappa shape index (κ1) is 13.3. The lowest BCUT2D eigenvalue weighted by atomic mass is 9.99. The minimum absolute atomic E-state index is 0.00508. The lowest BCUT2D eigenvalue weighted by molar-refractivity contribution is 0.0953. The molecule has 0 bridgehead atoms. The largest absolute Gasteiger partial charge is 0.352 e. The highest BCUT2D eigenvalue weighted by atomic mass is 16.1. The predicted octanol–water partition coefficient (Wildman–Crippen LogP) is 2.31. The molecule has 0 unspecified atom stereocenters. The van der Waals surface area contributed by atoms with Gasteiger partial charge in [-0.3, -0.25) is 4.79 Å². The maximum Gasteiger partial charge on any atom is 0.251 e. The molecule has 4 heteroatoms. The molecule has 1 aromatic heterocycles. The van der Waals surface area contributed by atoms with Crippen molar-refractivity contribution in [2.75, 3.05) is 6.54 Å². The smallest absolute Gasteiger partial charge is 0.251 e. The van der Waals surface area contributed by atoms with Gasteiger partial charge in [-0.15, -0.1) is 0 Å². The number of benzene rings is 1. The summed E-state index contributed by atoms with van der Waals surface area (Å²) in [5.74, 6) is -0.00508. The summed E-state index contributed by atoms with van der Waals surface area (Å²) in [6, 6.07) is 4.08. The Kier molecular flexibility index (Phi) is 4.00. The summed E-state index contributed by atoms with van der Waals surface area (Å²) in [7, 11) is 0. The Morgan fingerprint density at radius 3 is 2.53 bits per heavy atom. The monoisotopic (exact) mass is 257 g/mol. The SMILES string of the molecule is Cc1cc(C)c(C(=O)NCCc2cnc[nH]2)c(C)c1. The Labute approximate surface area is 113 Å². The van der Waals surface area contributed by atoms with Gasteiger partial charge in [0.05, 0.1) is 6.33 Å². The molecule has 0 spiro atoms. The maximum absolute atomic E-state index is 12.2. The first-order valence-electron chi connectivity index (χ1n) is 6.41. The number of carbonyl (C=O) groups excluding carboxylic acids is 1. The highest BCUT2D eigenvalue weighted by Gasteiger charge is 2.12. The molecule has 19 heavy (non-hydrogen) atoms. The van der Waals surface area contributed by atoms with Crippen molar-refractivity contribution in [2.24, 2.45) is 0 Å². The second-order valence-corrected chi connectivity index (χ2v) is 4.86. The van der Waals surface area contributed by atoms with E-state index in [4.69, 9.17) is 0 Å². The molecule has 2 aromatic rings. The zero-order valence-corrected chi connectivity index (χ0v) is 11.6. The standard InChI is InChI=1S/C15H19N3O/c1-10-6-11(2)14(12(3)7-10)15(19)17-5-4-13-8-16-9-18-13/h6-9H,4-5H2,1-3H3,(H,16,18)(H,17,19). The van der Waals surface area contributed by atoms with Crippen molar-refractivity contribution in [1.82, 2.24) is 15.3 Å². The van der Waals surface area contributed by atoms with Crippen LogP contribution in [-0.4, -0.2) is 22.4 Å². The van der Waals surface area contributed by atoms with E-state index in [1.54, 1.807) is 12.5 Å². The highest BCUT2D eigenvalue weighted by Crippen LogP contribution is 2.16. The predicted molar refractivity (Wildman–Crippen MR) is 75.3 cm³/mol. The Morgan fingerprint density at radius 2 is 1.95 bits per heavy atom. The Bertz CT molecular complexity index is 550. The first-order chi connectivity index (χ1) is 9.08. The summed E-state index contributed by atoms with van der Waals surface area (Å²) in [6.45, 7) is 6.60. The van der Waals surface area contributed by atoms with E-state index < -0.39 is 0 Å². The van der Waals surface area contributed by atoms with Crippen molar-refractivity contribution in [1.29, 1.82) is 0 Å². The molecule has 1 aromatic carbocycles. The minimum atomic E-state index is -0.00508. The average molecular weight is 257 g/mol. The van der Waals surface area contributed by atoms with Gasteiger partial charge in [0.15, 0.2) is 0 Å². The van der Waals surface area contributed by atoms with E-state index >= 15 is 0 Å². The average Bonchev–Trinajstić information content (AvgIpc) is 2.80. The second kappa shape index (κ2) is 5.69. The van der Waals surface area contributed by atoms with Gasteiger partial charge >= 0.3 is 0 Å². The van der Waals surface area contributed by atoms with Crippen LogP contribution in [0.1, 0.15) is 32.7 Å². The first-order valence-corrected chi connectivity index (χ1v) is 6.41. The minimum Gasteiger partial charge on any atom is -0.352 e. The number of aromatic nitrogens is 2. The van der Waals surface area contributed by atoms with Gasteiger partial charge in [0, 0.05) is 30.4 Å². The number of hydrogen-bond donors (Lipinski definition) is 2. The quantitative estimate of drug-likeness (QED) is 0.883. The molecule has 1 amide bonds. The lowest BCUT2D eigenvalue weighted by Crippen LogP contribution is -2.27. The van der Waals surface area contributed by atoms with Gasteiger partial charge in [-0.2, -0.15) is 0 Å². The van der Waals surface area contributed by atoms with Crippen LogP contribution in [0.3, 0.4) is 0 Å². The van der Waals surface area contributed by atoms with E-state index in [-0.39, 0.29) is 5.91 Å². The molecule has 0 saturated heterocycles. The van der Waals surface area contributed by atoms with Crippen molar-refractivity contribution >= 4 is 5.91 Å². The summed E-state index contributed by atoms with van der Waals surface area (Å²) in [5, 5.41) is 2.95. The molecule has 2 rings (SSSR count). The molecule has 4 nitrogen and oxygen atoms in total.